The van der Waals surface area contributed by atoms with E-state index in [1.807, 2.05) is 56.5 Å². The van der Waals surface area contributed by atoms with E-state index in [-0.39, 0.29) is 17.2 Å². The zero-order chi connectivity index (χ0) is 20.3. The second kappa shape index (κ2) is 8.79. The second-order valence-corrected chi connectivity index (χ2v) is 8.31. The molecule has 28 heavy (non-hydrogen) atoms. The van der Waals surface area contributed by atoms with Gasteiger partial charge in [0.05, 0.1) is 11.4 Å². The van der Waals surface area contributed by atoms with E-state index < -0.39 is 0 Å². The van der Waals surface area contributed by atoms with Crippen molar-refractivity contribution < 1.29 is 4.79 Å². The number of thioether (sulfide) groups is 1. The number of nitrogens with one attached hydrogen (secondary N) is 1. The maximum absolute atomic E-state index is 12.7. The highest BCUT2D eigenvalue weighted by Gasteiger charge is 2.21. The predicted molar refractivity (Wildman–Crippen MR) is 113 cm³/mol. The van der Waals surface area contributed by atoms with Crippen molar-refractivity contribution in [3.05, 3.63) is 41.6 Å². The SMILES string of the molecule is CCn1c(SC(C)C(=O)Nc2ccnn2C(C)C)nnc1-c1ccc(Cl)cc1. The molecular formula is C19H23ClN6OS. The molecule has 2 aromatic heterocycles. The minimum absolute atomic E-state index is 0.105. The van der Waals surface area contributed by atoms with Gasteiger partial charge in [-0.2, -0.15) is 5.10 Å². The van der Waals surface area contributed by atoms with Gasteiger partial charge >= 0.3 is 0 Å². The van der Waals surface area contributed by atoms with E-state index in [1.165, 1.54) is 11.8 Å². The summed E-state index contributed by atoms with van der Waals surface area (Å²) >= 11 is 7.35. The largest absolute Gasteiger partial charge is 0.310 e. The van der Waals surface area contributed by atoms with Gasteiger partial charge in [-0.1, -0.05) is 23.4 Å². The number of hydrogen-bond donors (Lipinski definition) is 1. The Morgan fingerprint density at radius 1 is 1.18 bits per heavy atom. The third-order valence-electron chi connectivity index (χ3n) is 4.20. The van der Waals surface area contributed by atoms with Crippen LogP contribution in [0.4, 0.5) is 5.82 Å². The summed E-state index contributed by atoms with van der Waals surface area (Å²) in [6.07, 6.45) is 1.68. The van der Waals surface area contributed by atoms with Crippen LogP contribution in [-0.4, -0.2) is 35.7 Å². The van der Waals surface area contributed by atoms with E-state index in [0.717, 1.165) is 11.4 Å². The molecule has 3 rings (SSSR count). The fraction of sp³-hybridized carbons (Fsp3) is 0.368. The van der Waals surface area contributed by atoms with Crippen LogP contribution in [0.15, 0.2) is 41.7 Å². The number of aromatic nitrogens is 5. The molecule has 1 amide bonds. The van der Waals surface area contributed by atoms with Crippen molar-refractivity contribution in [2.75, 3.05) is 5.32 Å². The third kappa shape index (κ3) is 4.39. The van der Waals surface area contributed by atoms with Crippen molar-refractivity contribution in [3.8, 4) is 11.4 Å². The smallest absolute Gasteiger partial charge is 0.238 e. The van der Waals surface area contributed by atoms with Crippen molar-refractivity contribution >= 4 is 35.1 Å². The molecule has 1 aromatic carbocycles. The number of nitrogens with zero attached hydrogens (tertiary/aromatic N) is 5. The van der Waals surface area contributed by atoms with Crippen LogP contribution in [0.25, 0.3) is 11.4 Å². The van der Waals surface area contributed by atoms with Crippen LogP contribution in [0.3, 0.4) is 0 Å². The van der Waals surface area contributed by atoms with Gasteiger partial charge in [0.2, 0.25) is 5.91 Å². The molecule has 1 atom stereocenters. The van der Waals surface area contributed by atoms with Crippen molar-refractivity contribution in [2.45, 2.75) is 50.7 Å². The Morgan fingerprint density at radius 3 is 2.54 bits per heavy atom. The lowest BCUT2D eigenvalue weighted by Crippen LogP contribution is -2.25. The number of hydrogen-bond acceptors (Lipinski definition) is 5. The van der Waals surface area contributed by atoms with Gasteiger partial charge < -0.3 is 9.88 Å². The monoisotopic (exact) mass is 418 g/mol. The van der Waals surface area contributed by atoms with Gasteiger partial charge in [-0.15, -0.1) is 10.2 Å². The lowest BCUT2D eigenvalue weighted by atomic mass is 10.2. The standard InChI is InChI=1S/C19H23ClN6OS/c1-5-25-17(14-6-8-15(20)9-7-14)23-24-19(25)28-13(4)18(27)22-16-10-11-21-26(16)12(2)3/h6-13H,5H2,1-4H3,(H,22,27). The summed E-state index contributed by atoms with van der Waals surface area (Å²) < 4.78 is 3.78. The van der Waals surface area contributed by atoms with E-state index in [9.17, 15) is 4.79 Å². The van der Waals surface area contributed by atoms with Crippen molar-refractivity contribution in [1.29, 1.82) is 0 Å². The summed E-state index contributed by atoms with van der Waals surface area (Å²) in [6.45, 7) is 8.61. The molecule has 0 fully saturated rings. The number of amides is 1. The van der Waals surface area contributed by atoms with Gasteiger partial charge in [-0.25, -0.2) is 4.68 Å². The molecule has 0 aliphatic heterocycles. The summed E-state index contributed by atoms with van der Waals surface area (Å²) in [6, 6.07) is 9.44. The number of anilines is 1. The summed E-state index contributed by atoms with van der Waals surface area (Å²) in [4.78, 5) is 12.7. The van der Waals surface area contributed by atoms with Gasteiger partial charge in [0.1, 0.15) is 5.82 Å². The molecule has 9 heteroatoms. The Morgan fingerprint density at radius 2 is 1.89 bits per heavy atom. The number of rotatable bonds is 7. The third-order valence-corrected chi connectivity index (χ3v) is 5.53. The molecule has 7 nitrogen and oxygen atoms in total. The summed E-state index contributed by atoms with van der Waals surface area (Å²) in [7, 11) is 0. The maximum Gasteiger partial charge on any atom is 0.238 e. The number of halogens is 1. The molecule has 0 aliphatic carbocycles. The van der Waals surface area contributed by atoms with Crippen LogP contribution >= 0.6 is 23.4 Å². The second-order valence-electron chi connectivity index (χ2n) is 6.56. The number of benzene rings is 1. The lowest BCUT2D eigenvalue weighted by Gasteiger charge is -2.15. The molecule has 0 saturated heterocycles. The Labute approximate surface area is 173 Å². The summed E-state index contributed by atoms with van der Waals surface area (Å²) in [5.41, 5.74) is 0.934. The Balaban J connectivity index is 1.75. The predicted octanol–water partition coefficient (Wildman–Crippen LogP) is 4.52. The molecule has 1 unspecified atom stereocenters. The van der Waals surface area contributed by atoms with Gasteiger partial charge in [0, 0.05) is 29.2 Å². The van der Waals surface area contributed by atoms with Gasteiger partial charge in [0.25, 0.3) is 0 Å². The molecule has 0 saturated carbocycles. The van der Waals surface area contributed by atoms with Crippen LogP contribution < -0.4 is 5.32 Å². The molecule has 0 aliphatic rings. The molecule has 0 bridgehead atoms. The Hall–Kier alpha value is -2.32. The molecule has 0 spiro atoms. The average Bonchev–Trinajstić information content (AvgIpc) is 3.29. The summed E-state index contributed by atoms with van der Waals surface area (Å²) in [5.74, 6) is 1.34. The molecule has 1 N–H and O–H groups in total. The fourth-order valence-electron chi connectivity index (χ4n) is 2.74. The zero-order valence-corrected chi connectivity index (χ0v) is 17.8. The van der Waals surface area contributed by atoms with Gasteiger partial charge in [-0.3, -0.25) is 4.79 Å². The topological polar surface area (TPSA) is 77.6 Å². The van der Waals surface area contributed by atoms with Crippen LogP contribution in [0.1, 0.15) is 33.7 Å². The molecule has 148 valence electrons. The minimum Gasteiger partial charge on any atom is -0.310 e. The highest BCUT2D eigenvalue weighted by molar-refractivity contribution is 8.00. The van der Waals surface area contributed by atoms with E-state index in [4.69, 9.17) is 11.6 Å². The number of carbonyl (C=O) groups excluding carboxylic acids is 1. The van der Waals surface area contributed by atoms with Crippen LogP contribution in [0.5, 0.6) is 0 Å². The molecule has 2 heterocycles. The van der Waals surface area contributed by atoms with Gasteiger partial charge in [-0.05, 0) is 52.0 Å². The molecule has 0 radical (unpaired) electrons. The maximum atomic E-state index is 12.7. The van der Waals surface area contributed by atoms with E-state index in [0.29, 0.717) is 22.5 Å². The average molecular weight is 419 g/mol. The van der Waals surface area contributed by atoms with Crippen LogP contribution in [-0.2, 0) is 11.3 Å². The first-order valence-electron chi connectivity index (χ1n) is 9.10. The van der Waals surface area contributed by atoms with Crippen molar-refractivity contribution in [3.63, 3.8) is 0 Å². The van der Waals surface area contributed by atoms with E-state index in [1.54, 1.807) is 16.9 Å². The molecule has 3 aromatic rings. The lowest BCUT2D eigenvalue weighted by molar-refractivity contribution is -0.115. The normalized spacial score (nSPS) is 12.4. The highest BCUT2D eigenvalue weighted by atomic mass is 35.5. The highest BCUT2D eigenvalue weighted by Crippen LogP contribution is 2.28. The first kappa shape index (κ1) is 20.4. The van der Waals surface area contributed by atoms with Crippen LogP contribution in [0, 0.1) is 0 Å². The Bertz CT molecular complexity index is 950. The van der Waals surface area contributed by atoms with Crippen LogP contribution in [0.2, 0.25) is 5.02 Å². The molecular weight excluding hydrogens is 396 g/mol. The summed E-state index contributed by atoms with van der Waals surface area (Å²) in [5, 5.41) is 16.8. The quantitative estimate of drug-likeness (QED) is 0.571. The van der Waals surface area contributed by atoms with Crippen molar-refractivity contribution in [2.24, 2.45) is 0 Å². The first-order valence-corrected chi connectivity index (χ1v) is 10.4. The Kier molecular flexibility index (Phi) is 6.41. The van der Waals surface area contributed by atoms with E-state index >= 15 is 0 Å². The zero-order valence-electron chi connectivity index (χ0n) is 16.3. The van der Waals surface area contributed by atoms with E-state index in [2.05, 4.69) is 20.6 Å². The first-order chi connectivity index (χ1) is 13.4. The minimum atomic E-state index is -0.344. The fourth-order valence-corrected chi connectivity index (χ4v) is 3.78. The number of carbonyl (C=O) groups is 1. The van der Waals surface area contributed by atoms with Crippen molar-refractivity contribution in [1.82, 2.24) is 24.5 Å². The van der Waals surface area contributed by atoms with Gasteiger partial charge in [0.15, 0.2) is 11.0 Å².